The van der Waals surface area contributed by atoms with Gasteiger partial charge in [-0.05, 0) is 43.7 Å². The Morgan fingerprint density at radius 3 is 2.58 bits per heavy atom. The van der Waals surface area contributed by atoms with Crippen LogP contribution in [0.2, 0.25) is 0 Å². The van der Waals surface area contributed by atoms with Crippen molar-refractivity contribution in [1.82, 2.24) is 14.9 Å². The minimum absolute atomic E-state index is 0.103. The lowest BCUT2D eigenvalue weighted by Gasteiger charge is -2.29. The summed E-state index contributed by atoms with van der Waals surface area (Å²) >= 11 is 0. The highest BCUT2D eigenvalue weighted by atomic mass is 16.5. The molecule has 40 heavy (non-hydrogen) atoms. The Morgan fingerprint density at radius 2 is 2.00 bits per heavy atom. The van der Waals surface area contributed by atoms with Gasteiger partial charge in [0, 0.05) is 65.1 Å². The number of aldehydes is 1. The SMILES string of the molecule is CNc1cc(NC(=O)N2CCCc3cc(CN4CCC(OC)C4=O)c(C=O)nc32)ncc1C#N.COC1CCC1. The van der Waals surface area contributed by atoms with Crippen molar-refractivity contribution >= 4 is 35.5 Å². The normalized spacial score (nSPS) is 18.1. The van der Waals surface area contributed by atoms with Crippen molar-refractivity contribution in [2.24, 2.45) is 0 Å². The Bertz CT molecular complexity index is 1290. The lowest BCUT2D eigenvalue weighted by atomic mass is 9.96. The van der Waals surface area contributed by atoms with Crippen LogP contribution in [0, 0.1) is 11.3 Å². The van der Waals surface area contributed by atoms with Crippen LogP contribution in [-0.4, -0.2) is 79.7 Å². The number of nitriles is 1. The fourth-order valence-corrected chi connectivity index (χ4v) is 4.88. The van der Waals surface area contributed by atoms with Crippen LogP contribution < -0.4 is 15.5 Å². The molecule has 4 heterocycles. The smallest absolute Gasteiger partial charge is 0.328 e. The Labute approximate surface area is 233 Å². The van der Waals surface area contributed by atoms with Gasteiger partial charge in [0.1, 0.15) is 29.5 Å². The lowest BCUT2D eigenvalue weighted by molar-refractivity contribution is -0.136. The highest BCUT2D eigenvalue weighted by molar-refractivity contribution is 6.02. The topological polar surface area (TPSA) is 150 Å². The van der Waals surface area contributed by atoms with Gasteiger partial charge in [0.15, 0.2) is 6.29 Å². The molecule has 1 aliphatic carbocycles. The van der Waals surface area contributed by atoms with Crippen LogP contribution in [0.3, 0.4) is 0 Å². The third kappa shape index (κ3) is 6.38. The van der Waals surface area contributed by atoms with E-state index >= 15 is 0 Å². The highest BCUT2D eigenvalue weighted by Crippen LogP contribution is 2.29. The number of fused-ring (bicyclic) bond motifs is 1. The molecule has 1 atom stereocenters. The van der Waals surface area contributed by atoms with E-state index in [2.05, 4.69) is 20.6 Å². The van der Waals surface area contributed by atoms with E-state index in [1.54, 1.807) is 25.1 Å². The van der Waals surface area contributed by atoms with Gasteiger partial charge in [0.2, 0.25) is 0 Å². The molecule has 2 aliphatic heterocycles. The number of aryl methyl sites for hydroxylation is 1. The molecule has 2 aromatic rings. The predicted molar refractivity (Wildman–Crippen MR) is 148 cm³/mol. The largest absolute Gasteiger partial charge is 0.387 e. The van der Waals surface area contributed by atoms with Crippen LogP contribution >= 0.6 is 0 Å². The summed E-state index contributed by atoms with van der Waals surface area (Å²) in [6, 6.07) is 5.04. The van der Waals surface area contributed by atoms with Gasteiger partial charge in [0.05, 0.1) is 17.4 Å². The van der Waals surface area contributed by atoms with Crippen molar-refractivity contribution in [2.75, 3.05) is 49.9 Å². The van der Waals surface area contributed by atoms with Gasteiger partial charge >= 0.3 is 6.03 Å². The number of rotatable bonds is 7. The second kappa shape index (κ2) is 13.3. The lowest BCUT2D eigenvalue weighted by Crippen LogP contribution is -2.40. The molecular formula is C28H35N7O5. The zero-order chi connectivity index (χ0) is 28.6. The first-order chi connectivity index (χ1) is 19.4. The molecule has 0 spiro atoms. The van der Waals surface area contributed by atoms with Crippen molar-refractivity contribution in [1.29, 1.82) is 5.26 Å². The number of nitrogens with zero attached hydrogens (tertiary/aromatic N) is 5. The third-order valence-corrected chi connectivity index (χ3v) is 7.44. The fraction of sp³-hybridized carbons (Fsp3) is 0.500. The van der Waals surface area contributed by atoms with Crippen LogP contribution in [0.4, 0.5) is 22.1 Å². The molecule has 12 nitrogen and oxygen atoms in total. The van der Waals surface area contributed by atoms with Gasteiger partial charge in [0.25, 0.3) is 5.91 Å². The van der Waals surface area contributed by atoms with Crippen molar-refractivity contribution in [3.8, 4) is 6.07 Å². The number of likely N-dealkylation sites (tertiary alicyclic amines) is 1. The van der Waals surface area contributed by atoms with Crippen LogP contribution in [0.25, 0.3) is 0 Å². The van der Waals surface area contributed by atoms with Gasteiger partial charge in [-0.25, -0.2) is 14.8 Å². The number of pyridine rings is 2. The number of nitrogens with one attached hydrogen (secondary N) is 2. The summed E-state index contributed by atoms with van der Waals surface area (Å²) < 4.78 is 10.2. The van der Waals surface area contributed by atoms with E-state index < -0.39 is 12.1 Å². The highest BCUT2D eigenvalue weighted by Gasteiger charge is 2.33. The van der Waals surface area contributed by atoms with Gasteiger partial charge in [-0.15, -0.1) is 0 Å². The number of anilines is 3. The first-order valence-electron chi connectivity index (χ1n) is 13.4. The van der Waals surface area contributed by atoms with Gasteiger partial charge in [-0.2, -0.15) is 5.26 Å². The quantitative estimate of drug-likeness (QED) is 0.497. The summed E-state index contributed by atoms with van der Waals surface area (Å²) in [5, 5.41) is 14.8. The van der Waals surface area contributed by atoms with Gasteiger partial charge < -0.3 is 19.7 Å². The van der Waals surface area contributed by atoms with E-state index in [1.807, 2.05) is 12.1 Å². The molecule has 2 fully saturated rings. The summed E-state index contributed by atoms with van der Waals surface area (Å²) in [6.07, 6.45) is 8.17. The van der Waals surface area contributed by atoms with Crippen LogP contribution in [-0.2, 0) is 27.2 Å². The number of methoxy groups -OCH3 is 2. The van der Waals surface area contributed by atoms with Crippen molar-refractivity contribution < 1.29 is 23.9 Å². The summed E-state index contributed by atoms with van der Waals surface area (Å²) in [5.74, 6) is 0.599. The first kappa shape index (κ1) is 28.9. The molecule has 1 unspecified atom stereocenters. The minimum atomic E-state index is -0.455. The number of carbonyl (C=O) groups is 3. The Balaban J connectivity index is 0.000000546. The van der Waals surface area contributed by atoms with Crippen LogP contribution in [0.1, 0.15) is 59.3 Å². The summed E-state index contributed by atoms with van der Waals surface area (Å²) in [4.78, 5) is 49.1. The minimum Gasteiger partial charge on any atom is -0.387 e. The molecule has 12 heteroatoms. The van der Waals surface area contributed by atoms with Crippen molar-refractivity contribution in [3.63, 3.8) is 0 Å². The monoisotopic (exact) mass is 549 g/mol. The van der Waals surface area contributed by atoms with Crippen molar-refractivity contribution in [3.05, 3.63) is 40.7 Å². The predicted octanol–water partition coefficient (Wildman–Crippen LogP) is 3.12. The molecule has 2 N–H and O–H groups in total. The molecule has 0 aromatic carbocycles. The molecule has 212 valence electrons. The average molecular weight is 550 g/mol. The van der Waals surface area contributed by atoms with Gasteiger partial charge in [-0.3, -0.25) is 19.8 Å². The number of ether oxygens (including phenoxy) is 2. The van der Waals surface area contributed by atoms with Crippen LogP contribution in [0.5, 0.6) is 0 Å². The molecule has 5 rings (SSSR count). The molecule has 0 bridgehead atoms. The Kier molecular flexibility index (Phi) is 9.63. The molecule has 0 radical (unpaired) electrons. The zero-order valence-electron chi connectivity index (χ0n) is 23.1. The molecule has 1 saturated carbocycles. The second-order valence-corrected chi connectivity index (χ2v) is 9.86. The van der Waals surface area contributed by atoms with E-state index in [9.17, 15) is 14.4 Å². The number of hydrogen-bond donors (Lipinski definition) is 2. The number of amides is 3. The summed E-state index contributed by atoms with van der Waals surface area (Å²) in [6.45, 7) is 1.24. The van der Waals surface area contributed by atoms with E-state index in [0.29, 0.717) is 61.0 Å². The van der Waals surface area contributed by atoms with Crippen LogP contribution in [0.15, 0.2) is 18.3 Å². The number of urea groups is 1. The first-order valence-corrected chi connectivity index (χ1v) is 13.4. The Morgan fingerprint density at radius 1 is 1.20 bits per heavy atom. The van der Waals surface area contributed by atoms with Crippen molar-refractivity contribution in [2.45, 2.75) is 57.3 Å². The number of hydrogen-bond acceptors (Lipinski definition) is 9. The number of carbonyl (C=O) groups excluding carboxylic acids is 3. The average Bonchev–Trinajstić information content (AvgIpc) is 3.30. The maximum absolute atomic E-state index is 13.1. The Hall–Kier alpha value is -4.08. The molecule has 3 amide bonds. The van der Waals surface area contributed by atoms with Gasteiger partial charge in [-0.1, -0.05) is 0 Å². The molecule has 1 saturated heterocycles. The second-order valence-electron chi connectivity index (χ2n) is 9.86. The van der Waals surface area contributed by atoms with E-state index in [-0.39, 0.29) is 24.0 Å². The van der Waals surface area contributed by atoms with E-state index in [4.69, 9.17) is 14.7 Å². The zero-order valence-corrected chi connectivity index (χ0v) is 23.1. The van der Waals surface area contributed by atoms with E-state index in [1.165, 1.54) is 37.5 Å². The molecule has 3 aliphatic rings. The summed E-state index contributed by atoms with van der Waals surface area (Å²) in [7, 11) is 4.97. The molecular weight excluding hydrogens is 514 g/mol. The fourth-order valence-electron chi connectivity index (χ4n) is 4.88. The standard InChI is InChI=1S/C23H25N7O4.C5H10O/c1-25-17-9-20(26-11-16(17)10-24)28-23(33)30-6-3-4-14-8-15(18(13-31)27-21(14)30)12-29-7-5-19(34-2)22(29)32;1-6-5-3-2-4-5/h8-9,11,13,19H,3-7,12H2,1-2H3,(H2,25,26,28,33);5H,2-4H2,1H3. The van der Waals surface area contributed by atoms with E-state index in [0.717, 1.165) is 12.0 Å². The maximum Gasteiger partial charge on any atom is 0.328 e. The maximum atomic E-state index is 13.1. The summed E-state index contributed by atoms with van der Waals surface area (Å²) in [5.41, 5.74) is 2.59. The third-order valence-electron chi connectivity index (χ3n) is 7.44. The number of aromatic nitrogens is 2. The molecule has 2 aromatic heterocycles.